The highest BCUT2D eigenvalue weighted by molar-refractivity contribution is 5.89. The molecule has 0 saturated carbocycles. The predicted octanol–water partition coefficient (Wildman–Crippen LogP) is 5.34. The first-order chi connectivity index (χ1) is 16.6. The molecule has 3 aromatic carbocycles. The van der Waals surface area contributed by atoms with Gasteiger partial charge in [0.05, 0.1) is 22.8 Å². The zero-order chi connectivity index (χ0) is 23.5. The molecular formula is C28H29N5O. The molecule has 6 heteroatoms. The van der Waals surface area contributed by atoms with E-state index in [-0.39, 0.29) is 5.82 Å². The predicted molar refractivity (Wildman–Crippen MR) is 141 cm³/mol. The van der Waals surface area contributed by atoms with Crippen LogP contribution in [0.15, 0.2) is 78.9 Å². The molecule has 0 aliphatic carbocycles. The zero-order valence-electron chi connectivity index (χ0n) is 19.1. The number of para-hydroxylation sites is 1. The maximum atomic E-state index is 6.45. The minimum atomic E-state index is 0.285. The number of rotatable bonds is 6. The summed E-state index contributed by atoms with van der Waals surface area (Å²) >= 11 is 0. The summed E-state index contributed by atoms with van der Waals surface area (Å²) in [5.41, 5.74) is 25.7. The van der Waals surface area contributed by atoms with Crippen molar-refractivity contribution in [1.82, 2.24) is 4.98 Å². The second kappa shape index (κ2) is 9.35. The molecule has 1 aromatic heterocycles. The topological polar surface area (TPSA) is 103 Å². The second-order valence-electron chi connectivity index (χ2n) is 8.59. The minimum Gasteiger partial charge on any atom is -0.488 e. The van der Waals surface area contributed by atoms with Crippen LogP contribution in [-0.2, 0) is 6.61 Å². The Morgan fingerprint density at radius 1 is 0.794 bits per heavy atom. The van der Waals surface area contributed by atoms with Gasteiger partial charge in [-0.05, 0) is 54.3 Å². The van der Waals surface area contributed by atoms with Gasteiger partial charge < -0.3 is 26.8 Å². The molecule has 1 aliphatic rings. The summed E-state index contributed by atoms with van der Waals surface area (Å²) in [5.74, 6) is 1.02. The summed E-state index contributed by atoms with van der Waals surface area (Å²) < 4.78 is 6.15. The van der Waals surface area contributed by atoms with Crippen molar-refractivity contribution in [3.05, 3.63) is 84.4 Å². The van der Waals surface area contributed by atoms with Crippen LogP contribution in [0.5, 0.6) is 5.75 Å². The zero-order valence-corrected chi connectivity index (χ0v) is 19.1. The van der Waals surface area contributed by atoms with Gasteiger partial charge in [0, 0.05) is 24.2 Å². The molecule has 0 unspecified atom stereocenters. The Morgan fingerprint density at radius 2 is 1.53 bits per heavy atom. The lowest BCUT2D eigenvalue weighted by molar-refractivity contribution is 0.307. The molecule has 0 atom stereocenters. The highest BCUT2D eigenvalue weighted by atomic mass is 16.5. The third-order valence-electron chi connectivity index (χ3n) is 6.27. The fourth-order valence-electron chi connectivity index (χ4n) is 4.46. The van der Waals surface area contributed by atoms with Crippen molar-refractivity contribution >= 4 is 22.9 Å². The van der Waals surface area contributed by atoms with Crippen LogP contribution >= 0.6 is 0 Å². The van der Waals surface area contributed by atoms with E-state index >= 15 is 0 Å². The van der Waals surface area contributed by atoms with Gasteiger partial charge in [-0.1, -0.05) is 48.5 Å². The summed E-state index contributed by atoms with van der Waals surface area (Å²) in [4.78, 5) is 6.91. The molecule has 0 bridgehead atoms. The van der Waals surface area contributed by atoms with E-state index in [2.05, 4.69) is 22.0 Å². The van der Waals surface area contributed by atoms with E-state index in [0.717, 1.165) is 52.5 Å². The normalized spacial score (nSPS) is 13.2. The SMILES string of the molecule is Nc1cc(-c2cc(-c3ccccc3OCc3ccccc3)nc(N)c2N)ccc1N1CCCC1. The van der Waals surface area contributed by atoms with Gasteiger partial charge in [-0.3, -0.25) is 0 Å². The maximum Gasteiger partial charge on any atom is 0.147 e. The molecule has 34 heavy (non-hydrogen) atoms. The maximum absolute atomic E-state index is 6.45. The first-order valence-electron chi connectivity index (χ1n) is 11.6. The number of nitrogens with two attached hydrogens (primary N) is 3. The number of ether oxygens (including phenoxy) is 1. The van der Waals surface area contributed by atoms with Crippen LogP contribution in [0.1, 0.15) is 18.4 Å². The van der Waals surface area contributed by atoms with E-state index in [1.54, 1.807) is 0 Å². The Kier molecular flexibility index (Phi) is 5.95. The van der Waals surface area contributed by atoms with Gasteiger partial charge in [-0.25, -0.2) is 4.98 Å². The van der Waals surface area contributed by atoms with Crippen LogP contribution in [0.25, 0.3) is 22.4 Å². The van der Waals surface area contributed by atoms with Gasteiger partial charge in [-0.2, -0.15) is 0 Å². The Bertz CT molecular complexity index is 1300. The fourth-order valence-corrected chi connectivity index (χ4v) is 4.46. The summed E-state index contributed by atoms with van der Waals surface area (Å²) in [6.45, 7) is 2.54. The van der Waals surface area contributed by atoms with Gasteiger partial charge in [0.2, 0.25) is 0 Å². The fraction of sp³-hybridized carbons (Fsp3) is 0.179. The van der Waals surface area contributed by atoms with Crippen molar-refractivity contribution in [2.45, 2.75) is 19.4 Å². The van der Waals surface area contributed by atoms with E-state index in [1.807, 2.05) is 66.7 Å². The Hall–Kier alpha value is -4.19. The number of pyridine rings is 1. The summed E-state index contributed by atoms with van der Waals surface area (Å²) in [6.07, 6.45) is 2.40. The quantitative estimate of drug-likeness (QED) is 0.342. The van der Waals surface area contributed by atoms with Crippen molar-refractivity contribution in [2.75, 3.05) is 35.2 Å². The van der Waals surface area contributed by atoms with Crippen LogP contribution < -0.4 is 26.8 Å². The molecule has 0 amide bonds. The number of benzene rings is 3. The minimum absolute atomic E-state index is 0.285. The van der Waals surface area contributed by atoms with Crippen molar-refractivity contribution in [1.29, 1.82) is 0 Å². The van der Waals surface area contributed by atoms with Gasteiger partial charge in [-0.15, -0.1) is 0 Å². The number of hydrogen-bond acceptors (Lipinski definition) is 6. The lowest BCUT2D eigenvalue weighted by Gasteiger charge is -2.21. The van der Waals surface area contributed by atoms with E-state index in [0.29, 0.717) is 18.0 Å². The molecular weight excluding hydrogens is 422 g/mol. The summed E-state index contributed by atoms with van der Waals surface area (Å²) in [5, 5.41) is 0. The third-order valence-corrected chi connectivity index (χ3v) is 6.27. The molecule has 1 fully saturated rings. The van der Waals surface area contributed by atoms with Gasteiger partial charge in [0.15, 0.2) is 0 Å². The van der Waals surface area contributed by atoms with Crippen molar-refractivity contribution in [3.63, 3.8) is 0 Å². The number of nitrogens with zero attached hydrogens (tertiary/aromatic N) is 2. The molecule has 6 N–H and O–H groups in total. The number of nitrogen functional groups attached to an aromatic ring is 3. The summed E-state index contributed by atoms with van der Waals surface area (Å²) in [6, 6.07) is 25.9. The first-order valence-corrected chi connectivity index (χ1v) is 11.6. The second-order valence-corrected chi connectivity index (χ2v) is 8.59. The molecule has 4 aromatic rings. The lowest BCUT2D eigenvalue weighted by Crippen LogP contribution is -2.18. The van der Waals surface area contributed by atoms with Crippen molar-refractivity contribution in [3.8, 4) is 28.1 Å². The van der Waals surface area contributed by atoms with E-state index in [9.17, 15) is 0 Å². The average molecular weight is 452 g/mol. The van der Waals surface area contributed by atoms with E-state index in [4.69, 9.17) is 21.9 Å². The van der Waals surface area contributed by atoms with Crippen LogP contribution in [0.3, 0.4) is 0 Å². The Labute approximate surface area is 200 Å². The lowest BCUT2D eigenvalue weighted by atomic mass is 10.00. The van der Waals surface area contributed by atoms with Crippen LogP contribution in [0.2, 0.25) is 0 Å². The van der Waals surface area contributed by atoms with Crippen molar-refractivity contribution in [2.24, 2.45) is 0 Å². The first kappa shape index (κ1) is 21.6. The molecule has 0 spiro atoms. The summed E-state index contributed by atoms with van der Waals surface area (Å²) in [7, 11) is 0. The number of aromatic nitrogens is 1. The van der Waals surface area contributed by atoms with E-state index in [1.165, 1.54) is 12.8 Å². The molecule has 0 radical (unpaired) electrons. The number of anilines is 4. The molecule has 1 saturated heterocycles. The standard InChI is InChI=1S/C28H29N5O/c29-23-16-20(12-13-25(23)33-14-6-7-15-33)22-17-24(32-28(31)27(22)30)21-10-4-5-11-26(21)34-18-19-8-2-1-3-9-19/h1-5,8-13,16-17H,6-7,14-15,18,29-30H2,(H2,31,32). The Balaban J connectivity index is 1.49. The van der Waals surface area contributed by atoms with E-state index < -0.39 is 0 Å². The molecule has 1 aliphatic heterocycles. The Morgan fingerprint density at radius 3 is 2.29 bits per heavy atom. The highest BCUT2D eigenvalue weighted by Gasteiger charge is 2.18. The largest absolute Gasteiger partial charge is 0.488 e. The average Bonchev–Trinajstić information content (AvgIpc) is 3.40. The van der Waals surface area contributed by atoms with Gasteiger partial charge >= 0.3 is 0 Å². The smallest absolute Gasteiger partial charge is 0.147 e. The van der Waals surface area contributed by atoms with Crippen molar-refractivity contribution < 1.29 is 4.74 Å². The molecule has 6 nitrogen and oxygen atoms in total. The molecule has 5 rings (SSSR count). The van der Waals surface area contributed by atoms with Crippen LogP contribution in [0, 0.1) is 0 Å². The molecule has 2 heterocycles. The highest BCUT2D eigenvalue weighted by Crippen LogP contribution is 2.39. The van der Waals surface area contributed by atoms with Gasteiger partial charge in [0.1, 0.15) is 18.2 Å². The number of hydrogen-bond donors (Lipinski definition) is 3. The van der Waals surface area contributed by atoms with Crippen LogP contribution in [0.4, 0.5) is 22.9 Å². The third kappa shape index (κ3) is 4.35. The van der Waals surface area contributed by atoms with Gasteiger partial charge in [0.25, 0.3) is 0 Å². The molecule has 172 valence electrons. The van der Waals surface area contributed by atoms with Crippen LogP contribution in [-0.4, -0.2) is 18.1 Å². The monoisotopic (exact) mass is 451 g/mol.